The summed E-state index contributed by atoms with van der Waals surface area (Å²) in [6.07, 6.45) is -1.09. The fraction of sp³-hybridized carbons (Fsp3) is 0.286. The zero-order chi connectivity index (χ0) is 25.1. The summed E-state index contributed by atoms with van der Waals surface area (Å²) in [5.41, 5.74) is 1.95. The summed E-state index contributed by atoms with van der Waals surface area (Å²) in [5.74, 6) is 1.42. The number of ether oxygens (including phenoxy) is 1. The Balaban J connectivity index is 0.00000320. The second kappa shape index (κ2) is 11.4. The van der Waals surface area contributed by atoms with Gasteiger partial charge in [0.25, 0.3) is 0 Å². The van der Waals surface area contributed by atoms with Crippen LogP contribution in [0, 0.1) is 0 Å². The highest BCUT2D eigenvalue weighted by Crippen LogP contribution is 2.35. The third-order valence-electron chi connectivity index (χ3n) is 6.57. The normalized spacial score (nSPS) is 14.8. The summed E-state index contributed by atoms with van der Waals surface area (Å²) in [4.78, 5) is 11.0. The van der Waals surface area contributed by atoms with Gasteiger partial charge in [0.2, 0.25) is 0 Å². The maximum absolute atomic E-state index is 13.5. The predicted molar refractivity (Wildman–Crippen MR) is 142 cm³/mol. The van der Waals surface area contributed by atoms with Crippen LogP contribution in [0.25, 0.3) is 22.0 Å². The lowest BCUT2D eigenvalue weighted by Gasteiger charge is -2.33. The van der Waals surface area contributed by atoms with Gasteiger partial charge in [0, 0.05) is 42.8 Å². The average molecular weight is 529 g/mol. The van der Waals surface area contributed by atoms with E-state index in [-0.39, 0.29) is 18.4 Å². The van der Waals surface area contributed by atoms with Gasteiger partial charge in [0.1, 0.15) is 17.3 Å². The lowest BCUT2D eigenvalue weighted by Crippen LogP contribution is -2.38. The van der Waals surface area contributed by atoms with Crippen LogP contribution in [0.1, 0.15) is 24.1 Å². The molecule has 37 heavy (non-hydrogen) atoms. The van der Waals surface area contributed by atoms with E-state index in [1.165, 1.54) is 11.6 Å². The number of benzene rings is 2. The van der Waals surface area contributed by atoms with Gasteiger partial charge in [-0.15, -0.1) is 12.4 Å². The molecule has 0 spiro atoms. The molecule has 0 saturated carbocycles. The first-order chi connectivity index (χ1) is 17.4. The van der Waals surface area contributed by atoms with Crippen LogP contribution < -0.4 is 10.1 Å². The van der Waals surface area contributed by atoms with Crippen molar-refractivity contribution in [2.24, 2.45) is 0 Å². The third-order valence-corrected chi connectivity index (χ3v) is 6.57. The Morgan fingerprint density at radius 3 is 2.46 bits per heavy atom. The Morgan fingerprint density at radius 1 is 1.00 bits per heavy atom. The van der Waals surface area contributed by atoms with Gasteiger partial charge < -0.3 is 10.1 Å². The lowest BCUT2D eigenvalue weighted by atomic mass is 10.0. The number of nitrogens with zero attached hydrogens (tertiary/aromatic N) is 3. The van der Waals surface area contributed by atoms with E-state index < -0.39 is 11.9 Å². The molecule has 0 radical (unpaired) electrons. The maximum atomic E-state index is 13.5. The summed E-state index contributed by atoms with van der Waals surface area (Å²) in [5, 5.41) is 4.07. The van der Waals surface area contributed by atoms with Crippen molar-refractivity contribution in [3.05, 3.63) is 84.2 Å². The van der Waals surface area contributed by atoms with Crippen LogP contribution in [0.2, 0.25) is 0 Å². The van der Waals surface area contributed by atoms with Crippen LogP contribution in [-0.2, 0) is 12.7 Å². The molecule has 4 aromatic rings. The number of methoxy groups -OCH3 is 1. The number of fused-ring (bicyclic) bond motifs is 1. The zero-order valence-electron chi connectivity index (χ0n) is 20.3. The Kier molecular flexibility index (Phi) is 8.19. The molecule has 0 unspecified atom stereocenters. The van der Waals surface area contributed by atoms with E-state index in [2.05, 4.69) is 32.3 Å². The van der Waals surface area contributed by atoms with Gasteiger partial charge >= 0.3 is 6.18 Å². The van der Waals surface area contributed by atoms with E-state index in [4.69, 9.17) is 4.74 Å². The minimum atomic E-state index is -4.52. The quantitative estimate of drug-likeness (QED) is 0.297. The highest BCUT2D eigenvalue weighted by Gasteiger charge is 2.33. The summed E-state index contributed by atoms with van der Waals surface area (Å²) in [6.45, 7) is 2.66. The van der Waals surface area contributed by atoms with Crippen molar-refractivity contribution >= 4 is 29.1 Å². The molecule has 0 bridgehead atoms. The van der Waals surface area contributed by atoms with Crippen molar-refractivity contribution in [2.45, 2.75) is 31.6 Å². The van der Waals surface area contributed by atoms with Crippen molar-refractivity contribution < 1.29 is 17.9 Å². The molecule has 5 rings (SSSR count). The number of anilines is 1. The smallest absolute Gasteiger partial charge is 0.433 e. The summed E-state index contributed by atoms with van der Waals surface area (Å²) < 4.78 is 45.7. The van der Waals surface area contributed by atoms with Gasteiger partial charge in [0.05, 0.1) is 12.6 Å². The number of hydrogen-bond acceptors (Lipinski definition) is 5. The van der Waals surface area contributed by atoms with Crippen molar-refractivity contribution in [1.82, 2.24) is 14.9 Å². The zero-order valence-corrected chi connectivity index (χ0v) is 21.1. The van der Waals surface area contributed by atoms with Gasteiger partial charge in [-0.25, -0.2) is 9.97 Å². The van der Waals surface area contributed by atoms with Crippen molar-refractivity contribution in [1.29, 1.82) is 0 Å². The van der Waals surface area contributed by atoms with E-state index in [9.17, 15) is 13.2 Å². The number of alkyl halides is 3. The van der Waals surface area contributed by atoms with E-state index in [0.717, 1.165) is 49.9 Å². The predicted octanol–water partition coefficient (Wildman–Crippen LogP) is 6.82. The number of hydrogen-bond donors (Lipinski definition) is 1. The van der Waals surface area contributed by atoms with Gasteiger partial charge in [0.15, 0.2) is 0 Å². The molecule has 9 heteroatoms. The standard InChI is InChI=1S/C28H27F3N4O.ClH/c1-36-22-9-5-6-19(16-22)18-35-14-12-21(13-15-35)33-27-23-10-11-25(28(29,30)31)34-26(23)24(17-32-27)20-7-3-2-4-8-20;/h2-11,16-17,21H,12-15,18H2,1H3,(H,32,33);1H. The minimum Gasteiger partial charge on any atom is -0.497 e. The fourth-order valence-corrected chi connectivity index (χ4v) is 4.67. The fourth-order valence-electron chi connectivity index (χ4n) is 4.67. The highest BCUT2D eigenvalue weighted by molar-refractivity contribution is 5.99. The highest BCUT2D eigenvalue weighted by atomic mass is 35.5. The molecular formula is C28H28ClF3N4O. The maximum Gasteiger partial charge on any atom is 0.433 e. The molecule has 1 aliphatic rings. The third kappa shape index (κ3) is 6.14. The van der Waals surface area contributed by atoms with E-state index in [1.54, 1.807) is 13.3 Å². The number of rotatable bonds is 6. The number of likely N-dealkylation sites (tertiary alicyclic amines) is 1. The van der Waals surface area contributed by atoms with Crippen molar-refractivity contribution in [2.75, 3.05) is 25.5 Å². The average Bonchev–Trinajstić information content (AvgIpc) is 2.90. The first-order valence-electron chi connectivity index (χ1n) is 11.9. The number of pyridine rings is 2. The summed E-state index contributed by atoms with van der Waals surface area (Å²) in [6, 6.07) is 20.0. The monoisotopic (exact) mass is 528 g/mol. The Bertz CT molecular complexity index is 1340. The van der Waals surface area contributed by atoms with Crippen LogP contribution in [0.15, 0.2) is 72.9 Å². The molecule has 0 amide bonds. The SMILES string of the molecule is COc1cccc(CN2CCC(Nc3ncc(-c4ccccc4)c4nc(C(F)(F)F)ccc34)CC2)c1.Cl. The number of nitrogens with one attached hydrogen (secondary N) is 1. The molecule has 0 aliphatic carbocycles. The van der Waals surface area contributed by atoms with E-state index in [0.29, 0.717) is 22.3 Å². The second-order valence-electron chi connectivity index (χ2n) is 9.02. The van der Waals surface area contributed by atoms with Crippen molar-refractivity contribution in [3.8, 4) is 16.9 Å². The molecule has 1 aliphatic heterocycles. The van der Waals surface area contributed by atoms with Crippen molar-refractivity contribution in [3.63, 3.8) is 0 Å². The van der Waals surface area contributed by atoms with E-state index >= 15 is 0 Å². The molecule has 2 aromatic heterocycles. The van der Waals surface area contributed by atoms with Crippen LogP contribution in [0.3, 0.4) is 0 Å². The van der Waals surface area contributed by atoms with Crippen LogP contribution in [-0.4, -0.2) is 41.1 Å². The molecule has 5 nitrogen and oxygen atoms in total. The molecule has 3 heterocycles. The second-order valence-corrected chi connectivity index (χ2v) is 9.02. The summed E-state index contributed by atoms with van der Waals surface area (Å²) >= 11 is 0. The largest absolute Gasteiger partial charge is 0.497 e. The summed E-state index contributed by atoms with van der Waals surface area (Å²) in [7, 11) is 1.67. The van der Waals surface area contributed by atoms with Crippen LogP contribution >= 0.6 is 12.4 Å². The molecule has 194 valence electrons. The van der Waals surface area contributed by atoms with Crippen LogP contribution in [0.4, 0.5) is 19.0 Å². The first kappa shape index (κ1) is 26.7. The van der Waals surface area contributed by atoms with Gasteiger partial charge in [-0.1, -0.05) is 42.5 Å². The molecule has 1 N–H and O–H groups in total. The number of halogens is 4. The topological polar surface area (TPSA) is 50.3 Å². The molecule has 1 saturated heterocycles. The molecular weight excluding hydrogens is 501 g/mol. The number of aromatic nitrogens is 2. The molecule has 2 aromatic carbocycles. The Labute approximate surface area is 220 Å². The van der Waals surface area contributed by atoms with Gasteiger partial charge in [-0.3, -0.25) is 4.90 Å². The minimum absolute atomic E-state index is 0. The Morgan fingerprint density at radius 2 is 1.76 bits per heavy atom. The lowest BCUT2D eigenvalue weighted by molar-refractivity contribution is -0.140. The van der Waals surface area contributed by atoms with Gasteiger partial charge in [-0.05, 0) is 48.2 Å². The first-order valence-corrected chi connectivity index (χ1v) is 11.9. The number of piperidine rings is 1. The van der Waals surface area contributed by atoms with Crippen LogP contribution in [0.5, 0.6) is 5.75 Å². The molecule has 0 atom stereocenters. The van der Waals surface area contributed by atoms with E-state index in [1.807, 2.05) is 42.5 Å². The molecule has 1 fully saturated rings. The van der Waals surface area contributed by atoms with Gasteiger partial charge in [-0.2, -0.15) is 13.2 Å². The Hall–Kier alpha value is -3.36.